The highest BCUT2D eigenvalue weighted by molar-refractivity contribution is 5.92. The first-order valence-corrected chi connectivity index (χ1v) is 10.3. The summed E-state index contributed by atoms with van der Waals surface area (Å²) in [6.07, 6.45) is 0. The Kier molecular flexibility index (Phi) is 6.00. The molecule has 0 saturated carbocycles. The first-order chi connectivity index (χ1) is 15.9. The molecule has 2 aromatic carbocycles. The van der Waals surface area contributed by atoms with E-state index in [9.17, 15) is 10.1 Å². The van der Waals surface area contributed by atoms with E-state index in [1.807, 2.05) is 38.1 Å². The number of aryl methyl sites for hydroxylation is 2. The van der Waals surface area contributed by atoms with E-state index in [0.717, 1.165) is 22.4 Å². The Morgan fingerprint density at radius 1 is 1.27 bits per heavy atom. The van der Waals surface area contributed by atoms with Gasteiger partial charge in [0.25, 0.3) is 5.91 Å². The fraction of sp³-hybridized carbons (Fsp3) is 0.250. The number of benzene rings is 2. The van der Waals surface area contributed by atoms with E-state index in [0.29, 0.717) is 23.1 Å². The number of rotatable bonds is 6. The van der Waals surface area contributed by atoms with Crippen LogP contribution in [0, 0.1) is 36.5 Å². The standard InChI is InChI=1S/C24H23N5O4/c1-13-5-4-6-16(9-13)27-20(30)12-32-18-8-7-15(10-19(18)31-3)22-17(11-25)23(26)33-24-21(22)14(2)28-29-24/h4-10,17,22,26H,12H2,1-3H3,(H,27,30)(H,28,29). The van der Waals surface area contributed by atoms with Gasteiger partial charge in [-0.1, -0.05) is 18.2 Å². The van der Waals surface area contributed by atoms with Crippen molar-refractivity contribution in [1.29, 1.82) is 10.7 Å². The van der Waals surface area contributed by atoms with Crippen molar-refractivity contribution in [1.82, 2.24) is 10.2 Å². The lowest BCUT2D eigenvalue weighted by Crippen LogP contribution is -2.31. The second kappa shape index (κ2) is 9.04. The predicted molar refractivity (Wildman–Crippen MR) is 121 cm³/mol. The maximum absolute atomic E-state index is 12.3. The number of amides is 1. The summed E-state index contributed by atoms with van der Waals surface area (Å²) in [6.45, 7) is 3.59. The zero-order valence-electron chi connectivity index (χ0n) is 18.4. The lowest BCUT2D eigenvalue weighted by Gasteiger charge is -2.28. The number of methoxy groups -OCH3 is 1. The maximum Gasteiger partial charge on any atom is 0.262 e. The topological polar surface area (TPSA) is 133 Å². The van der Waals surface area contributed by atoms with E-state index in [1.54, 1.807) is 18.2 Å². The summed E-state index contributed by atoms with van der Waals surface area (Å²) >= 11 is 0. The Morgan fingerprint density at radius 2 is 2.09 bits per heavy atom. The van der Waals surface area contributed by atoms with Crippen molar-refractivity contribution in [2.75, 3.05) is 19.0 Å². The molecule has 2 unspecified atom stereocenters. The number of hydrogen-bond acceptors (Lipinski definition) is 7. The number of nitrogens with zero attached hydrogens (tertiary/aromatic N) is 2. The number of H-pyrrole nitrogens is 1. The van der Waals surface area contributed by atoms with Crippen molar-refractivity contribution in [2.45, 2.75) is 19.8 Å². The molecular weight excluding hydrogens is 422 g/mol. The van der Waals surface area contributed by atoms with Gasteiger partial charge < -0.3 is 19.5 Å². The van der Waals surface area contributed by atoms with Crippen LogP contribution in [0.5, 0.6) is 17.4 Å². The van der Waals surface area contributed by atoms with Gasteiger partial charge in [0, 0.05) is 22.9 Å². The van der Waals surface area contributed by atoms with E-state index in [4.69, 9.17) is 19.6 Å². The van der Waals surface area contributed by atoms with E-state index in [1.165, 1.54) is 7.11 Å². The van der Waals surface area contributed by atoms with Crippen LogP contribution in [-0.4, -0.2) is 35.7 Å². The molecule has 4 rings (SSSR count). The second-order valence-electron chi connectivity index (χ2n) is 7.73. The van der Waals surface area contributed by atoms with Gasteiger partial charge in [-0.2, -0.15) is 5.26 Å². The summed E-state index contributed by atoms with van der Waals surface area (Å²) in [5.41, 5.74) is 3.97. The Morgan fingerprint density at radius 3 is 2.82 bits per heavy atom. The number of hydrogen-bond donors (Lipinski definition) is 3. The molecule has 0 spiro atoms. The molecule has 1 aliphatic heterocycles. The van der Waals surface area contributed by atoms with Crippen LogP contribution >= 0.6 is 0 Å². The largest absolute Gasteiger partial charge is 0.493 e. The van der Waals surface area contributed by atoms with Gasteiger partial charge in [0.05, 0.1) is 13.2 Å². The lowest BCUT2D eigenvalue weighted by atomic mass is 9.79. The Balaban J connectivity index is 1.56. The minimum Gasteiger partial charge on any atom is -0.493 e. The van der Waals surface area contributed by atoms with Gasteiger partial charge in [0.1, 0.15) is 5.92 Å². The van der Waals surface area contributed by atoms with Crippen LogP contribution in [-0.2, 0) is 4.79 Å². The van der Waals surface area contributed by atoms with Gasteiger partial charge in [-0.25, -0.2) is 0 Å². The molecule has 2 heterocycles. The third kappa shape index (κ3) is 4.36. The fourth-order valence-electron chi connectivity index (χ4n) is 3.90. The van der Waals surface area contributed by atoms with Crippen LogP contribution in [0.25, 0.3) is 0 Å². The molecule has 0 radical (unpaired) electrons. The molecule has 1 amide bonds. The summed E-state index contributed by atoms with van der Waals surface area (Å²) in [5, 5.41) is 27.6. The van der Waals surface area contributed by atoms with Crippen molar-refractivity contribution in [3.8, 4) is 23.4 Å². The molecule has 33 heavy (non-hydrogen) atoms. The monoisotopic (exact) mass is 445 g/mol. The zero-order chi connectivity index (χ0) is 23.5. The third-order valence-electron chi connectivity index (χ3n) is 5.44. The fourth-order valence-corrected chi connectivity index (χ4v) is 3.90. The van der Waals surface area contributed by atoms with Crippen LogP contribution in [0.1, 0.15) is 28.3 Å². The number of nitrogens with one attached hydrogen (secondary N) is 3. The summed E-state index contributed by atoms with van der Waals surface area (Å²) < 4.78 is 16.6. The van der Waals surface area contributed by atoms with Crippen LogP contribution in [0.2, 0.25) is 0 Å². The first-order valence-electron chi connectivity index (χ1n) is 10.3. The van der Waals surface area contributed by atoms with Crippen molar-refractivity contribution in [2.24, 2.45) is 5.92 Å². The molecule has 2 atom stereocenters. The van der Waals surface area contributed by atoms with Crippen molar-refractivity contribution in [3.63, 3.8) is 0 Å². The van der Waals surface area contributed by atoms with Gasteiger partial charge in [-0.15, -0.1) is 5.10 Å². The summed E-state index contributed by atoms with van der Waals surface area (Å²) in [4.78, 5) is 12.3. The lowest BCUT2D eigenvalue weighted by molar-refractivity contribution is -0.118. The average molecular weight is 445 g/mol. The molecule has 0 aliphatic carbocycles. The van der Waals surface area contributed by atoms with Crippen molar-refractivity contribution < 1.29 is 19.0 Å². The van der Waals surface area contributed by atoms with Gasteiger partial charge >= 0.3 is 0 Å². The van der Waals surface area contributed by atoms with Gasteiger partial charge in [-0.3, -0.25) is 15.3 Å². The second-order valence-corrected chi connectivity index (χ2v) is 7.73. The molecule has 168 valence electrons. The maximum atomic E-state index is 12.3. The number of carbonyl (C=O) groups is 1. The Bertz CT molecular complexity index is 1260. The van der Waals surface area contributed by atoms with E-state index >= 15 is 0 Å². The minimum absolute atomic E-state index is 0.159. The molecular formula is C24H23N5O4. The van der Waals surface area contributed by atoms with Gasteiger partial charge in [0.2, 0.25) is 11.8 Å². The van der Waals surface area contributed by atoms with Crippen LogP contribution in [0.4, 0.5) is 5.69 Å². The minimum atomic E-state index is -0.814. The highest BCUT2D eigenvalue weighted by atomic mass is 16.5. The summed E-state index contributed by atoms with van der Waals surface area (Å²) in [5.74, 6) is -0.640. The smallest absolute Gasteiger partial charge is 0.262 e. The first kappa shape index (κ1) is 21.9. The zero-order valence-corrected chi connectivity index (χ0v) is 18.4. The Labute approximate surface area is 190 Å². The van der Waals surface area contributed by atoms with Gasteiger partial charge in [-0.05, 0) is 49.2 Å². The molecule has 3 aromatic rings. The number of aromatic amines is 1. The van der Waals surface area contributed by atoms with Crippen molar-refractivity contribution >= 4 is 17.5 Å². The molecule has 3 N–H and O–H groups in total. The number of nitriles is 1. The predicted octanol–water partition coefficient (Wildman–Crippen LogP) is 3.69. The van der Waals surface area contributed by atoms with Gasteiger partial charge in [0.15, 0.2) is 18.1 Å². The quantitative estimate of drug-likeness (QED) is 0.530. The van der Waals surface area contributed by atoms with E-state index < -0.39 is 11.8 Å². The normalized spacial score (nSPS) is 16.8. The molecule has 0 fully saturated rings. The number of ether oxygens (including phenoxy) is 3. The van der Waals surface area contributed by atoms with Crippen LogP contribution in [0.15, 0.2) is 42.5 Å². The molecule has 0 saturated heterocycles. The third-order valence-corrected chi connectivity index (χ3v) is 5.44. The number of anilines is 1. The molecule has 1 aliphatic rings. The molecule has 1 aromatic heterocycles. The van der Waals surface area contributed by atoms with Crippen LogP contribution in [0.3, 0.4) is 0 Å². The number of fused-ring (bicyclic) bond motifs is 1. The highest BCUT2D eigenvalue weighted by Gasteiger charge is 2.40. The molecule has 9 heteroatoms. The summed E-state index contributed by atoms with van der Waals surface area (Å²) in [6, 6.07) is 14.9. The van der Waals surface area contributed by atoms with E-state index in [-0.39, 0.29) is 18.4 Å². The SMILES string of the molecule is COc1cc(C2c3c(n[nH]c3C)OC(=N)C2C#N)ccc1OCC(=O)Nc1cccc(C)c1. The van der Waals surface area contributed by atoms with E-state index in [2.05, 4.69) is 21.6 Å². The molecule has 9 nitrogen and oxygen atoms in total. The molecule has 0 bridgehead atoms. The van der Waals surface area contributed by atoms with Crippen LogP contribution < -0.4 is 19.5 Å². The average Bonchev–Trinajstić information content (AvgIpc) is 3.16. The Hall–Kier alpha value is -4.32. The number of carbonyl (C=O) groups excluding carboxylic acids is 1. The van der Waals surface area contributed by atoms with Crippen molar-refractivity contribution in [3.05, 3.63) is 64.8 Å². The number of aromatic nitrogens is 2. The highest BCUT2D eigenvalue weighted by Crippen LogP contribution is 2.44. The summed E-state index contributed by atoms with van der Waals surface area (Å²) in [7, 11) is 1.50.